The predicted octanol–water partition coefficient (Wildman–Crippen LogP) is 3.44. The van der Waals surface area contributed by atoms with E-state index in [9.17, 15) is 10.1 Å². The standard InChI is InChI=1S/C16H16N2O2/c19-18(20)12-11-17(13-15-7-3-1-4-8-15)14-16-9-5-2-6-10-16/h1-12H,13-14H2/b12-11+. The van der Waals surface area contributed by atoms with Crippen molar-refractivity contribution in [2.24, 2.45) is 0 Å². The third-order valence-corrected chi connectivity index (χ3v) is 2.86. The second-order valence-electron chi connectivity index (χ2n) is 4.46. The van der Waals surface area contributed by atoms with Crippen molar-refractivity contribution >= 4 is 0 Å². The molecule has 4 nitrogen and oxygen atoms in total. The lowest BCUT2D eigenvalue weighted by molar-refractivity contribution is -0.403. The van der Waals surface area contributed by atoms with Crippen molar-refractivity contribution in [2.75, 3.05) is 0 Å². The van der Waals surface area contributed by atoms with Crippen LogP contribution in [0.5, 0.6) is 0 Å². The first kappa shape index (κ1) is 13.8. The van der Waals surface area contributed by atoms with Crippen LogP contribution in [0.4, 0.5) is 0 Å². The Morgan fingerprint density at radius 3 is 1.75 bits per heavy atom. The van der Waals surface area contributed by atoms with Crippen molar-refractivity contribution in [2.45, 2.75) is 13.1 Å². The highest BCUT2D eigenvalue weighted by Gasteiger charge is 2.04. The molecule has 0 aliphatic carbocycles. The summed E-state index contributed by atoms with van der Waals surface area (Å²) >= 11 is 0. The molecule has 0 fully saturated rings. The summed E-state index contributed by atoms with van der Waals surface area (Å²) in [4.78, 5) is 12.0. The molecular formula is C16H16N2O2. The van der Waals surface area contributed by atoms with Crippen molar-refractivity contribution in [1.82, 2.24) is 4.90 Å². The number of hydrogen-bond donors (Lipinski definition) is 0. The summed E-state index contributed by atoms with van der Waals surface area (Å²) in [7, 11) is 0. The molecule has 2 rings (SSSR count). The Bertz CT molecular complexity index is 526. The normalized spacial score (nSPS) is 10.6. The molecule has 2 aromatic rings. The van der Waals surface area contributed by atoms with Crippen molar-refractivity contribution in [3.8, 4) is 0 Å². The Labute approximate surface area is 118 Å². The van der Waals surface area contributed by atoms with E-state index in [-0.39, 0.29) is 0 Å². The van der Waals surface area contributed by atoms with Crippen LogP contribution in [0.3, 0.4) is 0 Å². The van der Waals surface area contributed by atoms with Gasteiger partial charge in [0.05, 0.1) is 11.1 Å². The minimum absolute atomic E-state index is 0.441. The minimum atomic E-state index is -0.441. The van der Waals surface area contributed by atoms with Crippen LogP contribution in [0, 0.1) is 10.1 Å². The minimum Gasteiger partial charge on any atom is -0.364 e. The van der Waals surface area contributed by atoms with E-state index in [4.69, 9.17) is 0 Å². The molecule has 0 spiro atoms. The van der Waals surface area contributed by atoms with Gasteiger partial charge in [-0.1, -0.05) is 60.7 Å². The van der Waals surface area contributed by atoms with E-state index in [0.717, 1.165) is 17.3 Å². The maximum absolute atomic E-state index is 10.5. The van der Waals surface area contributed by atoms with Crippen LogP contribution in [0.15, 0.2) is 73.1 Å². The van der Waals surface area contributed by atoms with E-state index in [1.54, 1.807) is 0 Å². The van der Waals surface area contributed by atoms with Crippen molar-refractivity contribution in [1.29, 1.82) is 0 Å². The molecule has 0 atom stereocenters. The van der Waals surface area contributed by atoms with Gasteiger partial charge >= 0.3 is 0 Å². The second kappa shape index (κ2) is 7.09. The average Bonchev–Trinajstić information content (AvgIpc) is 2.47. The Kier molecular flexibility index (Phi) is 4.89. The summed E-state index contributed by atoms with van der Waals surface area (Å²) in [6, 6.07) is 19.8. The molecular weight excluding hydrogens is 252 g/mol. The van der Waals surface area contributed by atoms with Crippen LogP contribution in [-0.2, 0) is 13.1 Å². The molecule has 102 valence electrons. The van der Waals surface area contributed by atoms with E-state index >= 15 is 0 Å². The number of nitrogens with zero attached hydrogens (tertiary/aromatic N) is 2. The molecule has 0 aromatic heterocycles. The van der Waals surface area contributed by atoms with Gasteiger partial charge in [-0.2, -0.15) is 0 Å². The SMILES string of the molecule is O=[N+]([O-])/C=C/N(Cc1ccccc1)Cc1ccccc1. The van der Waals surface area contributed by atoms with Crippen molar-refractivity contribution < 1.29 is 4.92 Å². The molecule has 4 heteroatoms. The summed E-state index contributed by atoms with van der Waals surface area (Å²) in [5.41, 5.74) is 2.24. The summed E-state index contributed by atoms with van der Waals surface area (Å²) in [6.45, 7) is 1.28. The lowest BCUT2D eigenvalue weighted by Crippen LogP contribution is -2.16. The maximum Gasteiger partial charge on any atom is 0.250 e. The first-order valence-corrected chi connectivity index (χ1v) is 6.38. The summed E-state index contributed by atoms with van der Waals surface area (Å²) < 4.78 is 0. The van der Waals surface area contributed by atoms with Crippen molar-refractivity contribution in [3.05, 3.63) is 94.3 Å². The zero-order chi connectivity index (χ0) is 14.2. The zero-order valence-corrected chi connectivity index (χ0v) is 11.1. The van der Waals surface area contributed by atoms with Crippen LogP contribution < -0.4 is 0 Å². The molecule has 2 aromatic carbocycles. The third-order valence-electron chi connectivity index (χ3n) is 2.86. The smallest absolute Gasteiger partial charge is 0.250 e. The van der Waals surface area contributed by atoms with Gasteiger partial charge in [0.2, 0.25) is 6.20 Å². The van der Waals surface area contributed by atoms with Crippen LogP contribution >= 0.6 is 0 Å². The predicted molar refractivity (Wildman–Crippen MR) is 78.3 cm³/mol. The fraction of sp³-hybridized carbons (Fsp3) is 0.125. The van der Waals surface area contributed by atoms with Gasteiger partial charge in [0.25, 0.3) is 0 Å². The first-order valence-electron chi connectivity index (χ1n) is 6.38. The van der Waals surface area contributed by atoms with Gasteiger partial charge in [-0.25, -0.2) is 0 Å². The zero-order valence-electron chi connectivity index (χ0n) is 11.1. The molecule has 0 aliphatic rings. The molecule has 0 aliphatic heterocycles. The third kappa shape index (κ3) is 4.57. The number of nitro groups is 1. The highest BCUT2D eigenvalue weighted by Crippen LogP contribution is 2.10. The lowest BCUT2D eigenvalue weighted by atomic mass is 10.2. The van der Waals surface area contributed by atoms with Gasteiger partial charge < -0.3 is 4.90 Å². The second-order valence-corrected chi connectivity index (χ2v) is 4.46. The van der Waals surface area contributed by atoms with E-state index in [0.29, 0.717) is 13.1 Å². The fourth-order valence-corrected chi connectivity index (χ4v) is 1.95. The molecule has 0 bridgehead atoms. The topological polar surface area (TPSA) is 46.4 Å². The lowest BCUT2D eigenvalue weighted by Gasteiger charge is -2.19. The molecule has 0 heterocycles. The summed E-state index contributed by atoms with van der Waals surface area (Å²) in [5, 5.41) is 10.5. The van der Waals surface area contributed by atoms with E-state index in [2.05, 4.69) is 0 Å². The number of hydrogen-bond acceptors (Lipinski definition) is 3. The largest absolute Gasteiger partial charge is 0.364 e. The monoisotopic (exact) mass is 268 g/mol. The van der Waals surface area contributed by atoms with Gasteiger partial charge in [0, 0.05) is 13.1 Å². The highest BCUT2D eigenvalue weighted by atomic mass is 16.6. The van der Waals surface area contributed by atoms with Gasteiger partial charge in [0.15, 0.2) is 0 Å². The van der Waals surface area contributed by atoms with Gasteiger partial charge in [-0.05, 0) is 11.1 Å². The molecule has 0 saturated heterocycles. The molecule has 0 unspecified atom stereocenters. The van der Waals surface area contributed by atoms with Crippen LogP contribution in [0.2, 0.25) is 0 Å². The van der Waals surface area contributed by atoms with Gasteiger partial charge in [-0.15, -0.1) is 0 Å². The van der Waals surface area contributed by atoms with Crippen LogP contribution in [-0.4, -0.2) is 9.82 Å². The fourth-order valence-electron chi connectivity index (χ4n) is 1.95. The molecule has 0 amide bonds. The number of benzene rings is 2. The Morgan fingerprint density at radius 1 is 0.900 bits per heavy atom. The van der Waals surface area contributed by atoms with E-state index < -0.39 is 4.92 Å². The average molecular weight is 268 g/mol. The van der Waals surface area contributed by atoms with Crippen LogP contribution in [0.1, 0.15) is 11.1 Å². The molecule has 0 saturated carbocycles. The summed E-state index contributed by atoms with van der Waals surface area (Å²) in [6.07, 6.45) is 2.51. The van der Waals surface area contributed by atoms with Gasteiger partial charge in [-0.3, -0.25) is 10.1 Å². The highest BCUT2D eigenvalue weighted by molar-refractivity contribution is 5.17. The van der Waals surface area contributed by atoms with E-state index in [1.807, 2.05) is 65.6 Å². The van der Waals surface area contributed by atoms with Crippen molar-refractivity contribution in [3.63, 3.8) is 0 Å². The summed E-state index contributed by atoms with van der Waals surface area (Å²) in [5.74, 6) is 0. The van der Waals surface area contributed by atoms with E-state index in [1.165, 1.54) is 6.20 Å². The molecule has 0 N–H and O–H groups in total. The number of rotatable bonds is 6. The Hall–Kier alpha value is -2.62. The maximum atomic E-state index is 10.5. The first-order chi connectivity index (χ1) is 9.74. The van der Waals surface area contributed by atoms with Crippen LogP contribution in [0.25, 0.3) is 0 Å². The Morgan fingerprint density at radius 2 is 1.35 bits per heavy atom. The Balaban J connectivity index is 2.10. The van der Waals surface area contributed by atoms with Gasteiger partial charge in [0.1, 0.15) is 0 Å². The quantitative estimate of drug-likeness (QED) is 0.595. The molecule has 20 heavy (non-hydrogen) atoms. The molecule has 0 radical (unpaired) electrons.